The molecular weight excluding hydrogens is 354 g/mol. The van der Waals surface area contributed by atoms with E-state index >= 15 is 0 Å². The third kappa shape index (κ3) is 3.36. The Morgan fingerprint density at radius 2 is 2.12 bits per heavy atom. The summed E-state index contributed by atoms with van der Waals surface area (Å²) in [4.78, 5) is 4.35. The van der Waals surface area contributed by atoms with E-state index in [9.17, 15) is 5.26 Å². The molecule has 7 heteroatoms. The molecule has 0 aliphatic carbocycles. The lowest BCUT2D eigenvalue weighted by atomic mass is 10.1. The Kier molecular flexibility index (Phi) is 4.25. The molecule has 2 N–H and O–H groups in total. The highest BCUT2D eigenvalue weighted by Gasteiger charge is 2.24. The zero-order chi connectivity index (χ0) is 18.1. The number of anilines is 1. The molecule has 1 atom stereocenters. The van der Waals surface area contributed by atoms with Crippen LogP contribution in [0.2, 0.25) is 5.02 Å². The Balaban J connectivity index is 1.70. The van der Waals surface area contributed by atoms with Crippen molar-refractivity contribution < 1.29 is 14.2 Å². The molecule has 0 unspecified atom stereocenters. The number of hydrogen-bond donors (Lipinski definition) is 1. The molecule has 1 aliphatic rings. The van der Waals surface area contributed by atoms with Crippen molar-refractivity contribution in [3.63, 3.8) is 0 Å². The molecule has 1 aromatic heterocycles. The summed E-state index contributed by atoms with van der Waals surface area (Å²) in [5, 5.41) is 10.6. The van der Waals surface area contributed by atoms with Gasteiger partial charge in [-0.05, 0) is 24.3 Å². The van der Waals surface area contributed by atoms with Crippen LogP contribution < -0.4 is 15.2 Å². The maximum atomic E-state index is 9.45. The van der Waals surface area contributed by atoms with Crippen LogP contribution in [0.1, 0.15) is 5.56 Å². The van der Waals surface area contributed by atoms with Crippen molar-refractivity contribution in [2.24, 2.45) is 0 Å². The highest BCUT2D eigenvalue weighted by molar-refractivity contribution is 6.33. The van der Waals surface area contributed by atoms with Gasteiger partial charge in [-0.3, -0.25) is 4.98 Å². The lowest BCUT2D eigenvalue weighted by molar-refractivity contribution is 0.262. The van der Waals surface area contributed by atoms with Gasteiger partial charge in [0.1, 0.15) is 36.0 Å². The highest BCUT2D eigenvalue weighted by Crippen LogP contribution is 2.34. The topological polar surface area (TPSA) is 93.7 Å². The van der Waals surface area contributed by atoms with Crippen molar-refractivity contribution in [1.29, 1.82) is 5.26 Å². The highest BCUT2D eigenvalue weighted by atomic mass is 35.5. The van der Waals surface area contributed by atoms with Gasteiger partial charge < -0.3 is 19.9 Å². The number of pyridine rings is 1. The molecule has 2 aromatic carbocycles. The number of fused-ring (bicyclic) bond motifs is 1. The van der Waals surface area contributed by atoms with Gasteiger partial charge >= 0.3 is 0 Å². The second-order valence-corrected chi connectivity index (χ2v) is 6.25. The lowest BCUT2D eigenvalue weighted by Gasteiger charge is -2.12. The number of epoxide rings is 1. The number of nitrogens with zero attached hydrogens (tertiary/aromatic N) is 2. The van der Waals surface area contributed by atoms with Gasteiger partial charge in [0.15, 0.2) is 0 Å². The van der Waals surface area contributed by atoms with E-state index in [4.69, 9.17) is 31.5 Å². The summed E-state index contributed by atoms with van der Waals surface area (Å²) < 4.78 is 16.7. The Bertz CT molecular complexity index is 1030. The minimum atomic E-state index is 0.107. The number of nitrogens with two attached hydrogens (primary N) is 1. The standard InChI is InChI=1S/C19H14ClN3O3/c20-15-2-1-12(6-16(15)22)26-18-3-4-23-17-7-19(25-10-13-9-24-13)11(8-21)5-14(17)18/h1-7,13H,9-10,22H2/t13-/m1/s1. The third-order valence-corrected chi connectivity index (χ3v) is 4.29. The maximum absolute atomic E-state index is 9.45. The Labute approximate surface area is 154 Å². The van der Waals surface area contributed by atoms with Crippen LogP contribution in [-0.4, -0.2) is 24.3 Å². The van der Waals surface area contributed by atoms with Gasteiger partial charge in [-0.1, -0.05) is 11.6 Å². The lowest BCUT2D eigenvalue weighted by Crippen LogP contribution is -2.05. The molecule has 0 radical (unpaired) electrons. The summed E-state index contributed by atoms with van der Waals surface area (Å²) in [6.45, 7) is 1.11. The number of hydrogen-bond acceptors (Lipinski definition) is 6. The van der Waals surface area contributed by atoms with Crippen molar-refractivity contribution in [2.45, 2.75) is 6.10 Å². The minimum Gasteiger partial charge on any atom is -0.489 e. The number of benzene rings is 2. The van der Waals surface area contributed by atoms with Crippen LogP contribution in [0.5, 0.6) is 17.2 Å². The van der Waals surface area contributed by atoms with E-state index in [1.54, 1.807) is 42.6 Å². The molecule has 26 heavy (non-hydrogen) atoms. The van der Waals surface area contributed by atoms with E-state index in [-0.39, 0.29) is 6.10 Å². The molecule has 0 bridgehead atoms. The van der Waals surface area contributed by atoms with Gasteiger partial charge in [-0.25, -0.2) is 0 Å². The summed E-state index contributed by atoms with van der Waals surface area (Å²) in [6.07, 6.45) is 1.74. The summed E-state index contributed by atoms with van der Waals surface area (Å²) in [5.41, 5.74) is 7.32. The van der Waals surface area contributed by atoms with Crippen molar-refractivity contribution in [2.75, 3.05) is 18.9 Å². The largest absolute Gasteiger partial charge is 0.489 e. The molecule has 2 heterocycles. The van der Waals surface area contributed by atoms with Gasteiger partial charge in [0.25, 0.3) is 0 Å². The smallest absolute Gasteiger partial charge is 0.139 e. The van der Waals surface area contributed by atoms with E-state index in [0.29, 0.717) is 57.6 Å². The molecule has 6 nitrogen and oxygen atoms in total. The third-order valence-electron chi connectivity index (χ3n) is 3.95. The molecular formula is C19H14ClN3O3. The van der Waals surface area contributed by atoms with Gasteiger partial charge in [0, 0.05) is 23.7 Å². The quantitative estimate of drug-likeness (QED) is 0.542. The van der Waals surface area contributed by atoms with E-state index in [0.717, 1.165) is 0 Å². The second-order valence-electron chi connectivity index (χ2n) is 5.84. The van der Waals surface area contributed by atoms with Crippen molar-refractivity contribution in [3.05, 3.63) is 53.2 Å². The average Bonchev–Trinajstić information content (AvgIpc) is 3.47. The van der Waals surface area contributed by atoms with E-state index in [1.807, 2.05) is 0 Å². The van der Waals surface area contributed by atoms with Gasteiger partial charge in [0.05, 0.1) is 28.4 Å². The fraction of sp³-hybridized carbons (Fsp3) is 0.158. The van der Waals surface area contributed by atoms with Crippen LogP contribution in [-0.2, 0) is 4.74 Å². The molecule has 1 aliphatic heterocycles. The number of aromatic nitrogens is 1. The Hall–Kier alpha value is -3.01. The zero-order valence-corrected chi connectivity index (χ0v) is 14.4. The molecule has 0 saturated carbocycles. The first-order valence-corrected chi connectivity index (χ1v) is 8.32. The molecule has 130 valence electrons. The normalized spacial score (nSPS) is 15.5. The van der Waals surface area contributed by atoms with E-state index in [2.05, 4.69) is 11.1 Å². The molecule has 1 saturated heterocycles. The number of halogens is 1. The average molecular weight is 368 g/mol. The first-order valence-electron chi connectivity index (χ1n) is 7.94. The predicted molar refractivity (Wildman–Crippen MR) is 97.6 cm³/mol. The summed E-state index contributed by atoms with van der Waals surface area (Å²) in [6, 6.07) is 12.4. The van der Waals surface area contributed by atoms with Gasteiger partial charge in [0.2, 0.25) is 0 Å². The van der Waals surface area contributed by atoms with E-state index in [1.165, 1.54) is 0 Å². The van der Waals surface area contributed by atoms with Crippen LogP contribution in [0.25, 0.3) is 10.9 Å². The maximum Gasteiger partial charge on any atom is 0.139 e. The number of ether oxygens (including phenoxy) is 3. The van der Waals surface area contributed by atoms with E-state index < -0.39 is 0 Å². The fourth-order valence-electron chi connectivity index (χ4n) is 2.50. The second kappa shape index (κ2) is 6.71. The van der Waals surface area contributed by atoms with Crippen molar-refractivity contribution >= 4 is 28.2 Å². The molecule has 3 aromatic rings. The number of nitrogen functional groups attached to an aromatic ring is 1. The van der Waals surface area contributed by atoms with Crippen LogP contribution in [0, 0.1) is 11.3 Å². The molecule has 1 fully saturated rings. The predicted octanol–water partition coefficient (Wildman–Crippen LogP) is 3.91. The van der Waals surface area contributed by atoms with Crippen LogP contribution in [0.3, 0.4) is 0 Å². The summed E-state index contributed by atoms with van der Waals surface area (Å²) in [7, 11) is 0. The van der Waals surface area contributed by atoms with Gasteiger partial charge in [-0.15, -0.1) is 0 Å². The zero-order valence-electron chi connectivity index (χ0n) is 13.6. The van der Waals surface area contributed by atoms with Crippen molar-refractivity contribution in [3.8, 4) is 23.3 Å². The number of nitriles is 1. The number of rotatable bonds is 5. The SMILES string of the molecule is N#Cc1cc2c(Oc3ccc(Cl)c(N)c3)ccnc2cc1OC[C@H]1CO1. The Morgan fingerprint density at radius 3 is 2.85 bits per heavy atom. The van der Waals surface area contributed by atoms with Crippen LogP contribution in [0.15, 0.2) is 42.6 Å². The first-order chi connectivity index (χ1) is 12.6. The Morgan fingerprint density at radius 1 is 1.27 bits per heavy atom. The van der Waals surface area contributed by atoms with Crippen LogP contribution >= 0.6 is 11.6 Å². The molecule has 0 spiro atoms. The van der Waals surface area contributed by atoms with Gasteiger partial charge in [-0.2, -0.15) is 5.26 Å². The monoisotopic (exact) mass is 367 g/mol. The summed E-state index contributed by atoms with van der Waals surface area (Å²) in [5.74, 6) is 1.59. The fourth-order valence-corrected chi connectivity index (χ4v) is 2.62. The van der Waals surface area contributed by atoms with Crippen molar-refractivity contribution in [1.82, 2.24) is 4.98 Å². The molecule has 4 rings (SSSR count). The molecule has 0 amide bonds. The minimum absolute atomic E-state index is 0.107. The summed E-state index contributed by atoms with van der Waals surface area (Å²) >= 11 is 5.94. The first kappa shape index (κ1) is 16.5. The van der Waals surface area contributed by atoms with Crippen LogP contribution in [0.4, 0.5) is 5.69 Å².